The Balaban J connectivity index is 2.11. The molecule has 0 spiro atoms. The van der Waals surface area contributed by atoms with Gasteiger partial charge in [-0.1, -0.05) is 20.8 Å². The molecule has 0 radical (unpaired) electrons. The number of hydrogen-bond donors (Lipinski definition) is 0. The van der Waals surface area contributed by atoms with Crippen LogP contribution in [0.2, 0.25) is 0 Å². The standard InChI is InChI=1S/C16H28N2/c1-5-8-14(6-2)18-11-15-9-7-10-17(15)12-16(18)13(3)4/h1,13-16H,6-12H2,2-4H3. The topological polar surface area (TPSA) is 6.48 Å². The fourth-order valence-corrected chi connectivity index (χ4v) is 3.71. The van der Waals surface area contributed by atoms with E-state index in [4.69, 9.17) is 6.42 Å². The maximum Gasteiger partial charge on any atom is 0.0250 e. The van der Waals surface area contributed by atoms with Crippen LogP contribution in [-0.4, -0.2) is 47.6 Å². The van der Waals surface area contributed by atoms with Crippen LogP contribution in [0.25, 0.3) is 0 Å². The Labute approximate surface area is 113 Å². The van der Waals surface area contributed by atoms with E-state index >= 15 is 0 Å². The van der Waals surface area contributed by atoms with Gasteiger partial charge in [0.1, 0.15) is 0 Å². The average molecular weight is 248 g/mol. The molecule has 0 amide bonds. The molecule has 18 heavy (non-hydrogen) atoms. The van der Waals surface area contributed by atoms with Gasteiger partial charge in [-0.25, -0.2) is 0 Å². The average Bonchev–Trinajstić information content (AvgIpc) is 2.81. The molecular weight excluding hydrogens is 220 g/mol. The maximum absolute atomic E-state index is 5.55. The van der Waals surface area contributed by atoms with Crippen molar-refractivity contribution in [3.8, 4) is 12.3 Å². The minimum Gasteiger partial charge on any atom is -0.298 e. The van der Waals surface area contributed by atoms with Crippen molar-refractivity contribution in [2.45, 2.75) is 64.6 Å². The predicted octanol–water partition coefficient (Wildman–Crippen LogP) is 2.59. The second-order valence-electron chi connectivity index (χ2n) is 6.27. The molecule has 2 saturated heterocycles. The van der Waals surface area contributed by atoms with Gasteiger partial charge in [-0.05, 0) is 31.7 Å². The van der Waals surface area contributed by atoms with Gasteiger partial charge in [0.15, 0.2) is 0 Å². The van der Waals surface area contributed by atoms with Gasteiger partial charge in [0.05, 0.1) is 0 Å². The zero-order valence-corrected chi connectivity index (χ0v) is 12.2. The summed E-state index contributed by atoms with van der Waals surface area (Å²) < 4.78 is 0. The lowest BCUT2D eigenvalue weighted by Crippen LogP contribution is -2.60. The molecule has 0 saturated carbocycles. The van der Waals surface area contributed by atoms with Crippen LogP contribution in [0, 0.1) is 18.3 Å². The SMILES string of the molecule is C#CCC(CC)N1CC2CCCN2CC1C(C)C. The molecule has 2 nitrogen and oxygen atoms in total. The van der Waals surface area contributed by atoms with Crippen molar-refractivity contribution in [1.29, 1.82) is 0 Å². The Bertz CT molecular complexity index is 305. The molecule has 3 atom stereocenters. The van der Waals surface area contributed by atoms with Gasteiger partial charge in [0, 0.05) is 37.6 Å². The Hall–Kier alpha value is -0.520. The monoisotopic (exact) mass is 248 g/mol. The fraction of sp³-hybridized carbons (Fsp3) is 0.875. The van der Waals surface area contributed by atoms with Crippen LogP contribution in [0.4, 0.5) is 0 Å². The second kappa shape index (κ2) is 6.08. The lowest BCUT2D eigenvalue weighted by atomic mass is 9.94. The van der Waals surface area contributed by atoms with E-state index in [1.165, 1.54) is 38.9 Å². The summed E-state index contributed by atoms with van der Waals surface area (Å²) >= 11 is 0. The molecule has 0 aromatic carbocycles. The normalized spacial score (nSPS) is 31.3. The zero-order valence-electron chi connectivity index (χ0n) is 12.2. The lowest BCUT2D eigenvalue weighted by molar-refractivity contribution is 0.000222. The minimum atomic E-state index is 0.588. The third kappa shape index (κ3) is 2.73. The van der Waals surface area contributed by atoms with Crippen molar-refractivity contribution in [1.82, 2.24) is 9.80 Å². The molecular formula is C16H28N2. The Morgan fingerprint density at radius 1 is 1.33 bits per heavy atom. The molecule has 102 valence electrons. The van der Waals surface area contributed by atoms with E-state index in [0.717, 1.165) is 18.4 Å². The van der Waals surface area contributed by atoms with Crippen LogP contribution in [0.3, 0.4) is 0 Å². The number of rotatable bonds is 4. The Morgan fingerprint density at radius 2 is 2.11 bits per heavy atom. The highest BCUT2D eigenvalue weighted by Gasteiger charge is 2.39. The van der Waals surface area contributed by atoms with Crippen molar-refractivity contribution >= 4 is 0 Å². The van der Waals surface area contributed by atoms with Crippen molar-refractivity contribution in [2.75, 3.05) is 19.6 Å². The van der Waals surface area contributed by atoms with Gasteiger partial charge in [-0.3, -0.25) is 9.80 Å². The van der Waals surface area contributed by atoms with Crippen LogP contribution in [0.15, 0.2) is 0 Å². The van der Waals surface area contributed by atoms with Crippen LogP contribution < -0.4 is 0 Å². The molecule has 0 N–H and O–H groups in total. The number of nitrogens with zero attached hydrogens (tertiary/aromatic N) is 2. The predicted molar refractivity (Wildman–Crippen MR) is 77.5 cm³/mol. The molecule has 2 aliphatic heterocycles. The quantitative estimate of drug-likeness (QED) is 0.706. The van der Waals surface area contributed by atoms with Crippen LogP contribution >= 0.6 is 0 Å². The van der Waals surface area contributed by atoms with E-state index in [-0.39, 0.29) is 0 Å². The summed E-state index contributed by atoms with van der Waals surface area (Å²) in [6.45, 7) is 10.8. The van der Waals surface area contributed by atoms with Gasteiger partial charge >= 0.3 is 0 Å². The van der Waals surface area contributed by atoms with Crippen molar-refractivity contribution < 1.29 is 0 Å². The molecule has 2 heterocycles. The summed E-state index contributed by atoms with van der Waals surface area (Å²) in [5.74, 6) is 3.60. The number of piperazine rings is 1. The summed E-state index contributed by atoms with van der Waals surface area (Å²) in [7, 11) is 0. The van der Waals surface area contributed by atoms with E-state index in [2.05, 4.69) is 36.5 Å². The first kappa shape index (κ1) is 13.9. The second-order valence-corrected chi connectivity index (χ2v) is 6.27. The molecule has 2 aliphatic rings. The van der Waals surface area contributed by atoms with E-state index in [1.54, 1.807) is 0 Å². The van der Waals surface area contributed by atoms with Gasteiger partial charge in [0.25, 0.3) is 0 Å². The van der Waals surface area contributed by atoms with E-state index in [1.807, 2.05) is 0 Å². The highest BCUT2D eigenvalue weighted by Crippen LogP contribution is 2.30. The van der Waals surface area contributed by atoms with Crippen LogP contribution in [0.1, 0.15) is 46.5 Å². The van der Waals surface area contributed by atoms with E-state index in [0.29, 0.717) is 12.1 Å². The lowest BCUT2D eigenvalue weighted by Gasteiger charge is -2.48. The third-order valence-electron chi connectivity index (χ3n) is 4.83. The van der Waals surface area contributed by atoms with Crippen molar-refractivity contribution in [3.05, 3.63) is 0 Å². The fourth-order valence-electron chi connectivity index (χ4n) is 3.71. The highest BCUT2D eigenvalue weighted by atomic mass is 15.3. The number of hydrogen-bond acceptors (Lipinski definition) is 2. The summed E-state index contributed by atoms with van der Waals surface area (Å²) in [6.07, 6.45) is 10.4. The maximum atomic E-state index is 5.55. The largest absolute Gasteiger partial charge is 0.298 e. The molecule has 3 unspecified atom stereocenters. The van der Waals surface area contributed by atoms with Gasteiger partial charge in [-0.15, -0.1) is 12.3 Å². The summed E-state index contributed by atoms with van der Waals surface area (Å²) in [5.41, 5.74) is 0. The van der Waals surface area contributed by atoms with E-state index in [9.17, 15) is 0 Å². The highest BCUT2D eigenvalue weighted by molar-refractivity contribution is 4.98. The third-order valence-corrected chi connectivity index (χ3v) is 4.83. The molecule has 2 heteroatoms. The Morgan fingerprint density at radius 3 is 2.72 bits per heavy atom. The molecule has 0 aliphatic carbocycles. The van der Waals surface area contributed by atoms with Gasteiger partial charge in [0.2, 0.25) is 0 Å². The number of fused-ring (bicyclic) bond motifs is 1. The van der Waals surface area contributed by atoms with Crippen molar-refractivity contribution in [3.63, 3.8) is 0 Å². The van der Waals surface area contributed by atoms with Crippen molar-refractivity contribution in [2.24, 2.45) is 5.92 Å². The molecule has 0 aromatic rings. The van der Waals surface area contributed by atoms with Gasteiger partial charge in [-0.2, -0.15) is 0 Å². The van der Waals surface area contributed by atoms with Gasteiger partial charge < -0.3 is 0 Å². The summed E-state index contributed by atoms with van der Waals surface area (Å²) in [4.78, 5) is 5.45. The molecule has 0 bridgehead atoms. The smallest absolute Gasteiger partial charge is 0.0250 e. The first-order chi connectivity index (χ1) is 8.67. The summed E-state index contributed by atoms with van der Waals surface area (Å²) in [5, 5.41) is 0. The molecule has 0 aromatic heterocycles. The van der Waals surface area contributed by atoms with Crippen LogP contribution in [0.5, 0.6) is 0 Å². The minimum absolute atomic E-state index is 0.588. The first-order valence-corrected chi connectivity index (χ1v) is 7.60. The molecule has 2 fully saturated rings. The van der Waals surface area contributed by atoms with Crippen LogP contribution in [-0.2, 0) is 0 Å². The summed E-state index contributed by atoms with van der Waals surface area (Å²) in [6, 6.07) is 2.08. The first-order valence-electron chi connectivity index (χ1n) is 7.60. The Kier molecular flexibility index (Phi) is 4.70. The zero-order chi connectivity index (χ0) is 13.1. The number of terminal acetylenes is 1. The van der Waals surface area contributed by atoms with E-state index < -0.39 is 0 Å². The molecule has 2 rings (SSSR count).